The Morgan fingerprint density at radius 1 is 1.21 bits per heavy atom. The van der Waals surface area contributed by atoms with Crippen LogP contribution in [0.2, 0.25) is 0 Å². The smallest absolute Gasteiger partial charge is 0.412 e. The summed E-state index contributed by atoms with van der Waals surface area (Å²) in [4.78, 5) is 47.8. The van der Waals surface area contributed by atoms with Crippen molar-refractivity contribution in [2.45, 2.75) is 53.2 Å². The van der Waals surface area contributed by atoms with E-state index in [-0.39, 0.29) is 24.0 Å². The highest BCUT2D eigenvalue weighted by Gasteiger charge is 2.23. The molecule has 2 N–H and O–H groups in total. The molecule has 1 unspecified atom stereocenters. The molecule has 3 amide bonds. The molecular formula is C24H29N5O5. The number of anilines is 2. The first-order chi connectivity index (χ1) is 16.0. The number of benzene rings is 1. The van der Waals surface area contributed by atoms with Gasteiger partial charge in [-0.3, -0.25) is 10.3 Å². The first kappa shape index (κ1) is 24.7. The van der Waals surface area contributed by atoms with E-state index in [1.165, 1.54) is 4.90 Å². The predicted molar refractivity (Wildman–Crippen MR) is 129 cm³/mol. The summed E-state index contributed by atoms with van der Waals surface area (Å²) in [6.07, 6.45) is 1.01. The van der Waals surface area contributed by atoms with Gasteiger partial charge in [0.2, 0.25) is 0 Å². The number of rotatable bonds is 5. The minimum atomic E-state index is -0.672. The Labute approximate surface area is 197 Å². The number of ether oxygens (including phenoxy) is 1. The fraction of sp³-hybridized carbons (Fsp3) is 0.375. The van der Waals surface area contributed by atoms with Crippen LogP contribution in [0, 0.1) is 6.92 Å². The van der Waals surface area contributed by atoms with Crippen LogP contribution in [0.25, 0.3) is 10.9 Å². The Bertz CT molecular complexity index is 1250. The molecule has 1 aromatic carbocycles. The summed E-state index contributed by atoms with van der Waals surface area (Å²) in [7, 11) is 0. The van der Waals surface area contributed by atoms with Gasteiger partial charge in [-0.15, -0.1) is 0 Å². The number of nitrogens with one attached hydrogen (secondary N) is 2. The lowest BCUT2D eigenvalue weighted by Crippen LogP contribution is -2.42. The summed E-state index contributed by atoms with van der Waals surface area (Å²) >= 11 is 0. The van der Waals surface area contributed by atoms with Crippen molar-refractivity contribution in [3.05, 3.63) is 58.2 Å². The van der Waals surface area contributed by atoms with E-state index in [4.69, 9.17) is 9.15 Å². The van der Waals surface area contributed by atoms with Crippen LogP contribution in [0.4, 0.5) is 21.3 Å². The van der Waals surface area contributed by atoms with E-state index < -0.39 is 23.4 Å². The number of carbonyl (C=O) groups excluding carboxylic acids is 2. The SMILES string of the molecule is CCN(C(=O)NC(C)c1ccccn1)c1nc2ccc(NC(=O)OC(C)(C)C)c(C)c2c(=O)o1. The van der Waals surface area contributed by atoms with Gasteiger partial charge in [-0.05, 0) is 71.4 Å². The van der Waals surface area contributed by atoms with E-state index in [0.29, 0.717) is 22.5 Å². The zero-order valence-electron chi connectivity index (χ0n) is 20.1. The summed E-state index contributed by atoms with van der Waals surface area (Å²) in [5, 5.41) is 5.68. The zero-order chi connectivity index (χ0) is 25.0. The Morgan fingerprint density at radius 3 is 2.56 bits per heavy atom. The van der Waals surface area contributed by atoms with Gasteiger partial charge >= 0.3 is 23.8 Å². The van der Waals surface area contributed by atoms with Gasteiger partial charge in [-0.2, -0.15) is 4.98 Å². The van der Waals surface area contributed by atoms with Crippen molar-refractivity contribution in [2.24, 2.45) is 0 Å². The maximum absolute atomic E-state index is 12.9. The summed E-state index contributed by atoms with van der Waals surface area (Å²) in [6, 6.07) is 7.67. The van der Waals surface area contributed by atoms with Crippen molar-refractivity contribution in [1.29, 1.82) is 0 Å². The van der Waals surface area contributed by atoms with Crippen LogP contribution in [0.3, 0.4) is 0 Å². The van der Waals surface area contributed by atoms with Crippen molar-refractivity contribution in [3.63, 3.8) is 0 Å². The predicted octanol–water partition coefficient (Wildman–Crippen LogP) is 4.54. The fourth-order valence-corrected chi connectivity index (χ4v) is 3.31. The van der Waals surface area contributed by atoms with Gasteiger partial charge in [0.25, 0.3) is 0 Å². The van der Waals surface area contributed by atoms with Gasteiger partial charge < -0.3 is 14.5 Å². The Balaban J connectivity index is 1.87. The van der Waals surface area contributed by atoms with Crippen molar-refractivity contribution in [1.82, 2.24) is 15.3 Å². The van der Waals surface area contributed by atoms with Gasteiger partial charge in [0.1, 0.15) is 5.60 Å². The Hall–Kier alpha value is -3.95. The normalized spacial score (nSPS) is 12.2. The number of amides is 3. The number of hydrogen-bond acceptors (Lipinski definition) is 7. The summed E-state index contributed by atoms with van der Waals surface area (Å²) in [5.74, 6) is 0. The average molecular weight is 468 g/mol. The molecule has 34 heavy (non-hydrogen) atoms. The van der Waals surface area contributed by atoms with E-state index in [0.717, 1.165) is 0 Å². The summed E-state index contributed by atoms with van der Waals surface area (Å²) in [6.45, 7) is 10.7. The van der Waals surface area contributed by atoms with Crippen LogP contribution >= 0.6 is 0 Å². The van der Waals surface area contributed by atoms with Crippen molar-refractivity contribution < 1.29 is 18.7 Å². The van der Waals surface area contributed by atoms with Crippen LogP contribution in [-0.2, 0) is 4.74 Å². The standard InChI is InChI=1S/C24H29N5O5/c1-7-29(21(31)26-15(3)17-10-8-9-13-25-17)22-27-18-12-11-16(14(2)19(18)20(30)33-22)28-23(32)34-24(4,5)6/h8-13,15H,7H2,1-6H3,(H,26,31)(H,28,32). The van der Waals surface area contributed by atoms with E-state index in [9.17, 15) is 14.4 Å². The summed E-state index contributed by atoms with van der Waals surface area (Å²) in [5.41, 5.74) is 0.574. The van der Waals surface area contributed by atoms with Gasteiger partial charge in [0, 0.05) is 18.4 Å². The number of aryl methyl sites for hydroxylation is 1. The highest BCUT2D eigenvalue weighted by molar-refractivity contribution is 5.94. The van der Waals surface area contributed by atoms with Crippen LogP contribution in [0.15, 0.2) is 45.7 Å². The lowest BCUT2D eigenvalue weighted by molar-refractivity contribution is 0.0635. The molecule has 0 spiro atoms. The minimum absolute atomic E-state index is 0.127. The second-order valence-electron chi connectivity index (χ2n) is 8.71. The van der Waals surface area contributed by atoms with Crippen molar-refractivity contribution in [2.75, 3.05) is 16.8 Å². The fourth-order valence-electron chi connectivity index (χ4n) is 3.31. The number of urea groups is 1. The van der Waals surface area contributed by atoms with Crippen LogP contribution in [-0.4, -0.2) is 34.2 Å². The third-order valence-electron chi connectivity index (χ3n) is 4.95. The molecule has 3 rings (SSSR count). The molecule has 3 aromatic rings. The van der Waals surface area contributed by atoms with E-state index in [1.807, 2.05) is 6.07 Å². The number of nitrogens with zero attached hydrogens (tertiary/aromatic N) is 3. The third kappa shape index (κ3) is 5.69. The molecule has 0 radical (unpaired) electrons. The number of hydrogen-bond donors (Lipinski definition) is 2. The molecule has 10 nitrogen and oxygen atoms in total. The largest absolute Gasteiger partial charge is 0.444 e. The van der Waals surface area contributed by atoms with Gasteiger partial charge in [-0.1, -0.05) is 6.07 Å². The molecule has 0 bridgehead atoms. The van der Waals surface area contributed by atoms with Crippen LogP contribution in [0.5, 0.6) is 0 Å². The maximum atomic E-state index is 12.9. The van der Waals surface area contributed by atoms with Crippen molar-refractivity contribution >= 4 is 34.7 Å². The van der Waals surface area contributed by atoms with E-state index >= 15 is 0 Å². The molecule has 0 saturated heterocycles. The second kappa shape index (κ2) is 9.90. The van der Waals surface area contributed by atoms with Gasteiger partial charge in [0.05, 0.1) is 22.6 Å². The third-order valence-corrected chi connectivity index (χ3v) is 4.95. The average Bonchev–Trinajstić information content (AvgIpc) is 2.75. The molecule has 0 fully saturated rings. The molecule has 0 aliphatic heterocycles. The summed E-state index contributed by atoms with van der Waals surface area (Å²) < 4.78 is 10.7. The molecular weight excluding hydrogens is 438 g/mol. The lowest BCUT2D eigenvalue weighted by atomic mass is 10.1. The van der Waals surface area contributed by atoms with Gasteiger partial charge in [-0.25, -0.2) is 19.3 Å². The molecule has 0 saturated carbocycles. The monoisotopic (exact) mass is 467 g/mol. The van der Waals surface area contributed by atoms with Crippen LogP contribution in [0.1, 0.15) is 51.9 Å². The quantitative estimate of drug-likeness (QED) is 0.564. The molecule has 180 valence electrons. The van der Waals surface area contributed by atoms with E-state index in [1.54, 1.807) is 72.0 Å². The molecule has 10 heteroatoms. The maximum Gasteiger partial charge on any atom is 0.412 e. The number of pyridine rings is 1. The molecule has 0 aliphatic rings. The number of carbonyl (C=O) groups is 2. The topological polar surface area (TPSA) is 127 Å². The number of fused-ring (bicyclic) bond motifs is 1. The Morgan fingerprint density at radius 2 is 1.94 bits per heavy atom. The van der Waals surface area contributed by atoms with Gasteiger partial charge in [0.15, 0.2) is 0 Å². The molecule has 1 atom stereocenters. The molecule has 2 heterocycles. The highest BCUT2D eigenvalue weighted by Crippen LogP contribution is 2.25. The lowest BCUT2D eigenvalue weighted by Gasteiger charge is -2.22. The first-order valence-corrected chi connectivity index (χ1v) is 10.9. The molecule has 2 aromatic heterocycles. The van der Waals surface area contributed by atoms with Crippen molar-refractivity contribution in [3.8, 4) is 0 Å². The highest BCUT2D eigenvalue weighted by atomic mass is 16.6. The molecule has 0 aliphatic carbocycles. The first-order valence-electron chi connectivity index (χ1n) is 10.9. The Kier molecular flexibility index (Phi) is 7.19. The zero-order valence-corrected chi connectivity index (χ0v) is 20.1. The number of aromatic nitrogens is 2. The van der Waals surface area contributed by atoms with E-state index in [2.05, 4.69) is 20.6 Å². The van der Waals surface area contributed by atoms with Crippen LogP contribution < -0.4 is 21.2 Å². The second-order valence-corrected chi connectivity index (χ2v) is 8.71. The minimum Gasteiger partial charge on any atom is -0.444 e.